The van der Waals surface area contributed by atoms with Crippen molar-refractivity contribution in [3.05, 3.63) is 60.3 Å². The van der Waals surface area contributed by atoms with Crippen molar-refractivity contribution in [1.82, 2.24) is 9.55 Å². The Morgan fingerprint density at radius 2 is 1.40 bits per heavy atom. The number of aryl methyl sites for hydroxylation is 1. The molecule has 0 radical (unpaired) electrons. The Hall–Kier alpha value is -2.55. The van der Waals surface area contributed by atoms with Crippen LogP contribution in [0.4, 0.5) is 5.95 Å². The lowest BCUT2D eigenvalue weighted by Gasteiger charge is -2.07. The van der Waals surface area contributed by atoms with E-state index < -0.39 is 0 Å². The van der Waals surface area contributed by atoms with Crippen LogP contribution in [0.15, 0.2) is 54.6 Å². The molecule has 1 heterocycles. The third kappa shape index (κ3) is 2.07. The van der Waals surface area contributed by atoms with Crippen molar-refractivity contribution in [2.45, 2.75) is 6.92 Å². The Kier molecular flexibility index (Phi) is 3.03. The highest BCUT2D eigenvalue weighted by Gasteiger charge is 2.11. The third-order valence-electron chi connectivity index (χ3n) is 3.57. The number of nitrogen functional groups attached to an aromatic ring is 1. The number of aromatic nitrogens is 2. The SMILES string of the molecule is Cc1nc(N)n(C)c1-c1ccc(-c2ccccc2)cc1. The molecule has 3 nitrogen and oxygen atoms in total. The second-order valence-corrected chi connectivity index (χ2v) is 4.91. The molecule has 2 aromatic carbocycles. The van der Waals surface area contributed by atoms with Crippen LogP contribution >= 0.6 is 0 Å². The largest absolute Gasteiger partial charge is 0.369 e. The van der Waals surface area contributed by atoms with Gasteiger partial charge >= 0.3 is 0 Å². The molecule has 0 fully saturated rings. The Balaban J connectivity index is 2.02. The van der Waals surface area contributed by atoms with Crippen LogP contribution in [-0.4, -0.2) is 9.55 Å². The summed E-state index contributed by atoms with van der Waals surface area (Å²) in [5.74, 6) is 0.546. The second-order valence-electron chi connectivity index (χ2n) is 4.91. The van der Waals surface area contributed by atoms with Crippen LogP contribution in [-0.2, 0) is 7.05 Å². The van der Waals surface area contributed by atoms with Crippen molar-refractivity contribution in [3.63, 3.8) is 0 Å². The van der Waals surface area contributed by atoms with Crippen molar-refractivity contribution in [3.8, 4) is 22.4 Å². The van der Waals surface area contributed by atoms with Gasteiger partial charge in [0.1, 0.15) is 0 Å². The van der Waals surface area contributed by atoms with Crippen LogP contribution in [0.2, 0.25) is 0 Å². The van der Waals surface area contributed by atoms with Gasteiger partial charge in [0.15, 0.2) is 0 Å². The quantitative estimate of drug-likeness (QED) is 0.767. The summed E-state index contributed by atoms with van der Waals surface area (Å²) in [5, 5.41) is 0. The van der Waals surface area contributed by atoms with E-state index in [4.69, 9.17) is 5.73 Å². The van der Waals surface area contributed by atoms with Gasteiger partial charge in [-0.15, -0.1) is 0 Å². The molecule has 0 unspecified atom stereocenters. The minimum absolute atomic E-state index is 0.546. The Labute approximate surface area is 118 Å². The first-order chi connectivity index (χ1) is 9.66. The van der Waals surface area contributed by atoms with Gasteiger partial charge in [-0.1, -0.05) is 54.6 Å². The van der Waals surface area contributed by atoms with Gasteiger partial charge < -0.3 is 10.3 Å². The normalized spacial score (nSPS) is 10.7. The summed E-state index contributed by atoms with van der Waals surface area (Å²) in [6, 6.07) is 18.9. The van der Waals surface area contributed by atoms with E-state index in [9.17, 15) is 0 Å². The van der Waals surface area contributed by atoms with Crippen LogP contribution in [0.5, 0.6) is 0 Å². The lowest BCUT2D eigenvalue weighted by molar-refractivity contribution is 0.938. The fourth-order valence-electron chi connectivity index (χ4n) is 2.51. The van der Waals surface area contributed by atoms with Crippen LogP contribution in [0.25, 0.3) is 22.4 Å². The van der Waals surface area contributed by atoms with Crippen LogP contribution in [0.1, 0.15) is 5.69 Å². The molecule has 0 spiro atoms. The summed E-state index contributed by atoms with van der Waals surface area (Å²) >= 11 is 0. The summed E-state index contributed by atoms with van der Waals surface area (Å²) in [7, 11) is 1.94. The molecule has 3 heteroatoms. The standard InChI is InChI=1S/C17H17N3/c1-12-16(20(2)17(18)19-12)15-10-8-14(9-11-15)13-6-4-3-5-7-13/h3-11H,1-2H3,(H2,18,19). The van der Waals surface area contributed by atoms with E-state index in [1.807, 2.05) is 24.6 Å². The van der Waals surface area contributed by atoms with E-state index in [0.29, 0.717) is 5.95 Å². The van der Waals surface area contributed by atoms with Gasteiger partial charge in [0.05, 0.1) is 11.4 Å². The number of hydrogen-bond donors (Lipinski definition) is 1. The molecule has 0 saturated carbocycles. The molecule has 20 heavy (non-hydrogen) atoms. The van der Waals surface area contributed by atoms with E-state index >= 15 is 0 Å². The van der Waals surface area contributed by atoms with Crippen molar-refractivity contribution in [1.29, 1.82) is 0 Å². The number of imidazole rings is 1. The zero-order chi connectivity index (χ0) is 14.1. The molecule has 0 atom stereocenters. The van der Waals surface area contributed by atoms with Gasteiger partial charge in [0.25, 0.3) is 0 Å². The Bertz CT molecular complexity index is 725. The number of benzene rings is 2. The summed E-state index contributed by atoms with van der Waals surface area (Å²) < 4.78 is 1.92. The third-order valence-corrected chi connectivity index (χ3v) is 3.57. The minimum atomic E-state index is 0.546. The van der Waals surface area contributed by atoms with Crippen molar-refractivity contribution >= 4 is 5.95 Å². The smallest absolute Gasteiger partial charge is 0.200 e. The Morgan fingerprint density at radius 1 is 0.850 bits per heavy atom. The summed E-state index contributed by atoms with van der Waals surface area (Å²) in [6.45, 7) is 1.98. The average molecular weight is 263 g/mol. The van der Waals surface area contributed by atoms with Gasteiger partial charge in [0.2, 0.25) is 5.95 Å². The zero-order valence-corrected chi connectivity index (χ0v) is 11.7. The molecule has 0 aliphatic heterocycles. The maximum absolute atomic E-state index is 5.85. The predicted molar refractivity (Wildman–Crippen MR) is 83.2 cm³/mol. The first-order valence-corrected chi connectivity index (χ1v) is 6.61. The van der Waals surface area contributed by atoms with E-state index in [0.717, 1.165) is 17.0 Å². The van der Waals surface area contributed by atoms with Gasteiger partial charge in [-0.25, -0.2) is 4.98 Å². The number of nitrogens with zero attached hydrogens (tertiary/aromatic N) is 2. The summed E-state index contributed by atoms with van der Waals surface area (Å²) in [4.78, 5) is 4.31. The van der Waals surface area contributed by atoms with E-state index in [1.54, 1.807) is 0 Å². The average Bonchev–Trinajstić information content (AvgIpc) is 2.73. The summed E-state index contributed by atoms with van der Waals surface area (Å²) in [6.07, 6.45) is 0. The van der Waals surface area contributed by atoms with Gasteiger partial charge in [-0.2, -0.15) is 0 Å². The number of rotatable bonds is 2. The number of nitrogens with two attached hydrogens (primary N) is 1. The second kappa shape index (κ2) is 4.85. The van der Waals surface area contributed by atoms with Crippen LogP contribution in [0, 0.1) is 6.92 Å². The molecule has 0 aliphatic rings. The van der Waals surface area contributed by atoms with Crippen LogP contribution in [0.3, 0.4) is 0 Å². The topological polar surface area (TPSA) is 43.8 Å². The maximum Gasteiger partial charge on any atom is 0.200 e. The molecule has 2 N–H and O–H groups in total. The fraction of sp³-hybridized carbons (Fsp3) is 0.118. The fourth-order valence-corrected chi connectivity index (χ4v) is 2.51. The molecule has 1 aromatic heterocycles. The van der Waals surface area contributed by atoms with Crippen molar-refractivity contribution in [2.24, 2.45) is 7.05 Å². The van der Waals surface area contributed by atoms with E-state index in [2.05, 4.69) is 53.5 Å². The molecule has 0 aliphatic carbocycles. The van der Waals surface area contributed by atoms with Gasteiger partial charge in [-0.05, 0) is 18.1 Å². The lowest BCUT2D eigenvalue weighted by Crippen LogP contribution is -1.98. The number of hydrogen-bond acceptors (Lipinski definition) is 2. The first kappa shape index (κ1) is 12.5. The molecule has 3 rings (SSSR count). The number of anilines is 1. The zero-order valence-electron chi connectivity index (χ0n) is 11.7. The predicted octanol–water partition coefficient (Wildman–Crippen LogP) is 3.64. The molecular formula is C17H17N3. The maximum atomic E-state index is 5.85. The molecular weight excluding hydrogens is 246 g/mol. The van der Waals surface area contributed by atoms with E-state index in [-0.39, 0.29) is 0 Å². The highest BCUT2D eigenvalue weighted by Crippen LogP contribution is 2.27. The van der Waals surface area contributed by atoms with Crippen LogP contribution < -0.4 is 5.73 Å². The first-order valence-electron chi connectivity index (χ1n) is 6.61. The molecule has 0 bridgehead atoms. The van der Waals surface area contributed by atoms with Gasteiger partial charge in [-0.3, -0.25) is 0 Å². The minimum Gasteiger partial charge on any atom is -0.369 e. The molecule has 0 saturated heterocycles. The molecule has 0 amide bonds. The molecule has 100 valence electrons. The highest BCUT2D eigenvalue weighted by atomic mass is 15.1. The monoisotopic (exact) mass is 263 g/mol. The van der Waals surface area contributed by atoms with Crippen molar-refractivity contribution in [2.75, 3.05) is 5.73 Å². The van der Waals surface area contributed by atoms with E-state index in [1.165, 1.54) is 11.1 Å². The summed E-state index contributed by atoms with van der Waals surface area (Å²) in [5.41, 5.74) is 11.4. The molecule has 3 aromatic rings. The highest BCUT2D eigenvalue weighted by molar-refractivity contribution is 5.70. The van der Waals surface area contributed by atoms with Gasteiger partial charge in [0, 0.05) is 12.6 Å². The Morgan fingerprint density at radius 3 is 1.95 bits per heavy atom. The lowest BCUT2D eigenvalue weighted by atomic mass is 10.0. The van der Waals surface area contributed by atoms with Crippen molar-refractivity contribution < 1.29 is 0 Å².